The highest BCUT2D eigenvalue weighted by Gasteiger charge is 2.19. The molecule has 3 aromatic heterocycles. The molecule has 134 valence electrons. The molecule has 0 aliphatic heterocycles. The lowest BCUT2D eigenvalue weighted by Gasteiger charge is -2.08. The first kappa shape index (κ1) is 16.8. The molecular formula is C20H14F2N4O. The number of carbonyl (C=O) groups excluding carboxylic acids is 1. The van der Waals surface area contributed by atoms with E-state index in [2.05, 4.69) is 15.0 Å². The highest BCUT2D eigenvalue weighted by molar-refractivity contribution is 5.93. The van der Waals surface area contributed by atoms with Gasteiger partial charge in [0.25, 0.3) is 5.91 Å². The first-order valence-corrected chi connectivity index (χ1v) is 8.17. The van der Waals surface area contributed by atoms with Crippen LogP contribution < -0.4 is 5.73 Å². The van der Waals surface area contributed by atoms with E-state index >= 15 is 0 Å². The molecule has 0 saturated carbocycles. The Labute approximate surface area is 152 Å². The predicted octanol–water partition coefficient (Wildman–Crippen LogP) is 3.59. The standard InChI is InChI=1S/C20H14F2N4O/c21-17-4-3-14(19(23)27)18(22)16(17)7-13-10-26-20-15(13)6-12(9-25-20)11-2-1-5-24-8-11/h1-6,8-10H,7H2,(H2,23,27)(H,25,26). The van der Waals surface area contributed by atoms with Crippen molar-refractivity contribution < 1.29 is 13.6 Å². The van der Waals surface area contributed by atoms with E-state index in [0.29, 0.717) is 11.2 Å². The van der Waals surface area contributed by atoms with Crippen molar-refractivity contribution in [3.63, 3.8) is 0 Å². The van der Waals surface area contributed by atoms with E-state index in [4.69, 9.17) is 5.73 Å². The smallest absolute Gasteiger partial charge is 0.251 e. The van der Waals surface area contributed by atoms with Crippen LogP contribution >= 0.6 is 0 Å². The number of nitrogens with zero attached hydrogens (tertiary/aromatic N) is 2. The Morgan fingerprint density at radius 2 is 2.00 bits per heavy atom. The number of benzene rings is 1. The number of carbonyl (C=O) groups is 1. The number of hydrogen-bond donors (Lipinski definition) is 2. The van der Waals surface area contributed by atoms with Crippen LogP contribution in [0.2, 0.25) is 0 Å². The van der Waals surface area contributed by atoms with Gasteiger partial charge in [0.2, 0.25) is 0 Å². The fraction of sp³-hybridized carbons (Fsp3) is 0.0500. The molecule has 5 nitrogen and oxygen atoms in total. The van der Waals surface area contributed by atoms with Gasteiger partial charge in [0, 0.05) is 53.3 Å². The van der Waals surface area contributed by atoms with Crippen LogP contribution in [0.1, 0.15) is 21.5 Å². The van der Waals surface area contributed by atoms with E-state index < -0.39 is 17.5 Å². The second-order valence-electron chi connectivity index (χ2n) is 6.10. The molecule has 0 saturated heterocycles. The molecule has 0 radical (unpaired) electrons. The highest BCUT2D eigenvalue weighted by Crippen LogP contribution is 2.27. The minimum absolute atomic E-state index is 0.0447. The number of aromatic amines is 1. The predicted molar refractivity (Wildman–Crippen MR) is 97.0 cm³/mol. The molecule has 0 unspecified atom stereocenters. The summed E-state index contributed by atoms with van der Waals surface area (Å²) in [6, 6.07) is 7.70. The number of pyridine rings is 2. The summed E-state index contributed by atoms with van der Waals surface area (Å²) in [5, 5.41) is 0.736. The second kappa shape index (κ2) is 6.60. The Balaban J connectivity index is 1.80. The van der Waals surface area contributed by atoms with Crippen molar-refractivity contribution in [1.29, 1.82) is 0 Å². The van der Waals surface area contributed by atoms with Crippen LogP contribution in [-0.2, 0) is 6.42 Å². The van der Waals surface area contributed by atoms with E-state index in [9.17, 15) is 13.6 Å². The Morgan fingerprint density at radius 3 is 2.74 bits per heavy atom. The maximum absolute atomic E-state index is 14.5. The highest BCUT2D eigenvalue weighted by atomic mass is 19.1. The molecule has 0 aliphatic rings. The molecule has 4 rings (SSSR count). The summed E-state index contributed by atoms with van der Waals surface area (Å²) < 4.78 is 28.7. The summed E-state index contributed by atoms with van der Waals surface area (Å²) in [4.78, 5) is 22.8. The Bertz CT molecular complexity index is 1160. The number of nitrogens with one attached hydrogen (secondary N) is 1. The van der Waals surface area contributed by atoms with Gasteiger partial charge < -0.3 is 10.7 Å². The number of fused-ring (bicyclic) bond motifs is 1. The molecule has 0 aliphatic carbocycles. The lowest BCUT2D eigenvalue weighted by Crippen LogP contribution is -2.15. The summed E-state index contributed by atoms with van der Waals surface area (Å²) >= 11 is 0. The van der Waals surface area contributed by atoms with Crippen molar-refractivity contribution in [1.82, 2.24) is 15.0 Å². The largest absolute Gasteiger partial charge is 0.366 e. The number of hydrogen-bond acceptors (Lipinski definition) is 3. The van der Waals surface area contributed by atoms with Crippen molar-refractivity contribution in [2.75, 3.05) is 0 Å². The number of primary amides is 1. The fourth-order valence-electron chi connectivity index (χ4n) is 3.04. The third-order valence-electron chi connectivity index (χ3n) is 4.43. The third-order valence-corrected chi connectivity index (χ3v) is 4.43. The number of aromatic nitrogens is 3. The summed E-state index contributed by atoms with van der Waals surface area (Å²) in [5.74, 6) is -2.61. The van der Waals surface area contributed by atoms with Gasteiger partial charge in [-0.05, 0) is 29.8 Å². The average molecular weight is 364 g/mol. The zero-order valence-electron chi connectivity index (χ0n) is 14.0. The zero-order chi connectivity index (χ0) is 19.0. The second-order valence-corrected chi connectivity index (χ2v) is 6.10. The lowest BCUT2D eigenvalue weighted by atomic mass is 10.00. The zero-order valence-corrected chi connectivity index (χ0v) is 14.0. The van der Waals surface area contributed by atoms with Gasteiger partial charge in [-0.1, -0.05) is 6.07 Å². The van der Waals surface area contributed by atoms with Crippen LogP contribution in [-0.4, -0.2) is 20.9 Å². The summed E-state index contributed by atoms with van der Waals surface area (Å²) in [7, 11) is 0. The van der Waals surface area contributed by atoms with Crippen molar-refractivity contribution >= 4 is 16.9 Å². The van der Waals surface area contributed by atoms with Gasteiger partial charge in [0.15, 0.2) is 0 Å². The molecular weight excluding hydrogens is 350 g/mol. The lowest BCUT2D eigenvalue weighted by molar-refractivity contribution is 0.0996. The molecule has 0 fully saturated rings. The van der Waals surface area contributed by atoms with Crippen molar-refractivity contribution in [3.05, 3.63) is 83.4 Å². The molecule has 7 heteroatoms. The van der Waals surface area contributed by atoms with E-state index in [1.807, 2.05) is 18.2 Å². The normalized spacial score (nSPS) is 11.0. The van der Waals surface area contributed by atoms with Crippen molar-refractivity contribution in [2.24, 2.45) is 5.73 Å². The Hall–Kier alpha value is -3.61. The molecule has 4 aromatic rings. The molecule has 0 atom stereocenters. The maximum Gasteiger partial charge on any atom is 0.251 e. The molecule has 1 amide bonds. The number of halogens is 2. The van der Waals surface area contributed by atoms with Gasteiger partial charge in [0.05, 0.1) is 5.56 Å². The molecule has 27 heavy (non-hydrogen) atoms. The first-order valence-electron chi connectivity index (χ1n) is 8.17. The fourth-order valence-corrected chi connectivity index (χ4v) is 3.04. The van der Waals surface area contributed by atoms with Gasteiger partial charge in [-0.15, -0.1) is 0 Å². The molecule has 1 aromatic carbocycles. The Morgan fingerprint density at radius 1 is 1.15 bits per heavy atom. The average Bonchev–Trinajstić information content (AvgIpc) is 3.07. The van der Waals surface area contributed by atoms with Crippen LogP contribution in [0.25, 0.3) is 22.2 Å². The number of H-pyrrole nitrogens is 1. The van der Waals surface area contributed by atoms with E-state index in [1.54, 1.807) is 24.8 Å². The molecule has 3 N–H and O–H groups in total. The minimum atomic E-state index is -0.937. The van der Waals surface area contributed by atoms with Gasteiger partial charge in [-0.2, -0.15) is 0 Å². The summed E-state index contributed by atoms with van der Waals surface area (Å²) in [6.45, 7) is 0. The number of rotatable bonds is 4. The van der Waals surface area contributed by atoms with Crippen LogP contribution in [0.3, 0.4) is 0 Å². The summed E-state index contributed by atoms with van der Waals surface area (Å²) in [6.07, 6.45) is 6.70. The molecule has 3 heterocycles. The SMILES string of the molecule is NC(=O)c1ccc(F)c(Cc2c[nH]c3ncc(-c4cccnc4)cc23)c1F. The maximum atomic E-state index is 14.5. The monoisotopic (exact) mass is 364 g/mol. The third kappa shape index (κ3) is 3.03. The molecule has 0 bridgehead atoms. The Kier molecular flexibility index (Phi) is 4.12. The van der Waals surface area contributed by atoms with Gasteiger partial charge >= 0.3 is 0 Å². The summed E-state index contributed by atoms with van der Waals surface area (Å²) in [5.41, 5.74) is 7.59. The van der Waals surface area contributed by atoms with E-state index in [1.165, 1.54) is 0 Å². The first-order chi connectivity index (χ1) is 13.0. The van der Waals surface area contributed by atoms with Crippen LogP contribution in [0.15, 0.2) is 55.1 Å². The molecule has 0 spiro atoms. The van der Waals surface area contributed by atoms with Gasteiger partial charge in [-0.3, -0.25) is 9.78 Å². The minimum Gasteiger partial charge on any atom is -0.366 e. The van der Waals surface area contributed by atoms with Crippen molar-refractivity contribution in [3.8, 4) is 11.1 Å². The van der Waals surface area contributed by atoms with Crippen LogP contribution in [0, 0.1) is 11.6 Å². The van der Waals surface area contributed by atoms with Crippen LogP contribution in [0.5, 0.6) is 0 Å². The van der Waals surface area contributed by atoms with E-state index in [-0.39, 0.29) is 17.5 Å². The van der Waals surface area contributed by atoms with Crippen molar-refractivity contribution in [2.45, 2.75) is 6.42 Å². The van der Waals surface area contributed by atoms with E-state index in [0.717, 1.165) is 28.6 Å². The van der Waals surface area contributed by atoms with Gasteiger partial charge in [0.1, 0.15) is 17.3 Å². The van der Waals surface area contributed by atoms with Gasteiger partial charge in [-0.25, -0.2) is 13.8 Å². The van der Waals surface area contributed by atoms with Crippen LogP contribution in [0.4, 0.5) is 8.78 Å². The quantitative estimate of drug-likeness (QED) is 0.580. The topological polar surface area (TPSA) is 84.7 Å². The number of nitrogens with two attached hydrogens (primary N) is 1. The number of amides is 1.